The maximum atomic E-state index is 13.2. The number of hydrogen-bond acceptors (Lipinski definition) is 7. The van der Waals surface area contributed by atoms with Crippen LogP contribution in [0.3, 0.4) is 0 Å². The van der Waals surface area contributed by atoms with E-state index in [1.807, 2.05) is 42.5 Å². The van der Waals surface area contributed by atoms with E-state index in [0.717, 1.165) is 16.5 Å². The first-order valence-corrected chi connectivity index (χ1v) is 12.0. The Hall–Kier alpha value is -3.56. The number of methoxy groups -OCH3 is 3. The minimum absolute atomic E-state index is 0.00981. The number of hydrogen-bond donors (Lipinski definition) is 1. The van der Waals surface area contributed by atoms with Crippen molar-refractivity contribution in [3.05, 3.63) is 60.7 Å². The van der Waals surface area contributed by atoms with Crippen molar-refractivity contribution in [3.63, 3.8) is 0 Å². The largest absolute Gasteiger partial charge is 0.493 e. The molecule has 182 valence electrons. The summed E-state index contributed by atoms with van der Waals surface area (Å²) in [4.78, 5) is 32.4. The number of anilines is 1. The zero-order valence-electron chi connectivity index (χ0n) is 19.8. The van der Waals surface area contributed by atoms with E-state index in [-0.39, 0.29) is 18.2 Å². The Balaban J connectivity index is 1.53. The predicted molar refractivity (Wildman–Crippen MR) is 139 cm³/mol. The molecule has 35 heavy (non-hydrogen) atoms. The number of amidine groups is 1. The van der Waals surface area contributed by atoms with Crippen molar-refractivity contribution in [2.24, 2.45) is 4.99 Å². The molecule has 1 unspecified atom stereocenters. The molecule has 8 nitrogen and oxygen atoms in total. The fourth-order valence-electron chi connectivity index (χ4n) is 3.82. The second-order valence-electron chi connectivity index (χ2n) is 7.80. The molecule has 3 aromatic rings. The second-order valence-corrected chi connectivity index (χ2v) is 8.97. The lowest BCUT2D eigenvalue weighted by molar-refractivity contribution is -0.128. The molecule has 4 rings (SSSR count). The molecule has 1 aliphatic heterocycles. The molecule has 3 aromatic carbocycles. The van der Waals surface area contributed by atoms with Crippen molar-refractivity contribution in [3.8, 4) is 11.5 Å². The zero-order valence-corrected chi connectivity index (χ0v) is 20.6. The lowest BCUT2D eigenvalue weighted by Crippen LogP contribution is -2.35. The molecule has 0 saturated carbocycles. The average Bonchev–Trinajstić information content (AvgIpc) is 3.16. The van der Waals surface area contributed by atoms with Crippen molar-refractivity contribution in [2.75, 3.05) is 39.8 Å². The molecule has 1 N–H and O–H groups in total. The van der Waals surface area contributed by atoms with Gasteiger partial charge in [-0.05, 0) is 23.6 Å². The van der Waals surface area contributed by atoms with E-state index >= 15 is 0 Å². The maximum absolute atomic E-state index is 13.2. The number of ether oxygens (including phenoxy) is 3. The summed E-state index contributed by atoms with van der Waals surface area (Å²) < 4.78 is 15.7. The smallest absolute Gasteiger partial charge is 0.242 e. The van der Waals surface area contributed by atoms with Crippen LogP contribution in [-0.4, -0.2) is 61.6 Å². The Morgan fingerprint density at radius 2 is 1.80 bits per heavy atom. The van der Waals surface area contributed by atoms with Crippen LogP contribution in [0.5, 0.6) is 11.5 Å². The molecule has 0 aliphatic carbocycles. The Bertz CT molecular complexity index is 1260. The molecule has 1 saturated heterocycles. The van der Waals surface area contributed by atoms with Gasteiger partial charge in [0.05, 0.1) is 33.1 Å². The van der Waals surface area contributed by atoms with E-state index in [1.54, 1.807) is 37.3 Å². The van der Waals surface area contributed by atoms with Crippen molar-refractivity contribution >= 4 is 50.9 Å². The van der Waals surface area contributed by atoms with E-state index < -0.39 is 5.25 Å². The van der Waals surface area contributed by atoms with Gasteiger partial charge in [0.2, 0.25) is 11.8 Å². The van der Waals surface area contributed by atoms with Gasteiger partial charge in [-0.2, -0.15) is 0 Å². The number of thioether (sulfide) groups is 1. The Labute approximate surface area is 208 Å². The Morgan fingerprint density at radius 1 is 1.03 bits per heavy atom. The third-order valence-electron chi connectivity index (χ3n) is 5.56. The van der Waals surface area contributed by atoms with Gasteiger partial charge in [0, 0.05) is 30.7 Å². The first-order valence-electron chi connectivity index (χ1n) is 11.1. The standard InChI is InChI=1S/C26H27N3O5S/c1-32-14-13-29-25(31)23(16-24(30)27-18-11-12-21(33-2)22(15-18)34-3)35-26(29)28-20-10-6-8-17-7-4-5-9-19(17)20/h4-12,15,23H,13-14,16H2,1-3H3,(H,27,30). The highest BCUT2D eigenvalue weighted by Gasteiger charge is 2.39. The Morgan fingerprint density at radius 3 is 2.57 bits per heavy atom. The van der Waals surface area contributed by atoms with Crippen molar-refractivity contribution in [1.29, 1.82) is 0 Å². The number of aliphatic imine (C=N–C) groups is 1. The minimum Gasteiger partial charge on any atom is -0.493 e. The van der Waals surface area contributed by atoms with Gasteiger partial charge in [0.25, 0.3) is 0 Å². The topological polar surface area (TPSA) is 89.5 Å². The third kappa shape index (κ3) is 5.58. The molecule has 0 radical (unpaired) electrons. The maximum Gasteiger partial charge on any atom is 0.242 e. The number of carbonyl (C=O) groups excluding carboxylic acids is 2. The van der Waals surface area contributed by atoms with Gasteiger partial charge < -0.3 is 19.5 Å². The fourth-order valence-corrected chi connectivity index (χ4v) is 4.99. The lowest BCUT2D eigenvalue weighted by Gasteiger charge is -2.16. The van der Waals surface area contributed by atoms with Crippen LogP contribution in [0.15, 0.2) is 65.7 Å². The van der Waals surface area contributed by atoms with Crippen LogP contribution in [0.25, 0.3) is 10.8 Å². The van der Waals surface area contributed by atoms with Crippen LogP contribution in [0.1, 0.15) is 6.42 Å². The van der Waals surface area contributed by atoms with Crippen LogP contribution in [0.4, 0.5) is 11.4 Å². The summed E-state index contributed by atoms with van der Waals surface area (Å²) >= 11 is 1.30. The predicted octanol–water partition coefficient (Wildman–Crippen LogP) is 4.46. The van der Waals surface area contributed by atoms with E-state index in [1.165, 1.54) is 18.9 Å². The minimum atomic E-state index is -0.583. The van der Waals surface area contributed by atoms with Crippen molar-refractivity contribution < 1.29 is 23.8 Å². The summed E-state index contributed by atoms with van der Waals surface area (Å²) in [6.45, 7) is 0.727. The summed E-state index contributed by atoms with van der Waals surface area (Å²) in [6, 6.07) is 19.0. The first kappa shape index (κ1) is 24.6. The highest BCUT2D eigenvalue weighted by Crippen LogP contribution is 2.34. The molecule has 0 aromatic heterocycles. The second kappa shape index (κ2) is 11.2. The SMILES string of the molecule is COCCN1C(=O)C(CC(=O)Nc2ccc(OC)c(OC)c2)SC1=Nc1cccc2ccccc12. The highest BCUT2D eigenvalue weighted by atomic mass is 32.2. The monoisotopic (exact) mass is 493 g/mol. The van der Waals surface area contributed by atoms with Gasteiger partial charge >= 0.3 is 0 Å². The third-order valence-corrected chi connectivity index (χ3v) is 6.74. The highest BCUT2D eigenvalue weighted by molar-refractivity contribution is 8.15. The molecule has 0 bridgehead atoms. The van der Waals surface area contributed by atoms with E-state index in [9.17, 15) is 9.59 Å². The van der Waals surface area contributed by atoms with Gasteiger partial charge in [0.1, 0.15) is 5.25 Å². The van der Waals surface area contributed by atoms with E-state index in [0.29, 0.717) is 35.5 Å². The first-order chi connectivity index (χ1) is 17.0. The molecule has 1 atom stereocenters. The van der Waals surface area contributed by atoms with E-state index in [4.69, 9.17) is 19.2 Å². The zero-order chi connectivity index (χ0) is 24.8. The van der Waals surface area contributed by atoms with Gasteiger partial charge in [-0.1, -0.05) is 48.2 Å². The molecule has 1 aliphatic rings. The lowest BCUT2D eigenvalue weighted by atomic mass is 10.1. The van der Waals surface area contributed by atoms with Gasteiger partial charge in [0.15, 0.2) is 16.7 Å². The van der Waals surface area contributed by atoms with Crippen LogP contribution in [-0.2, 0) is 14.3 Å². The molecule has 0 spiro atoms. The number of benzene rings is 3. The fraction of sp³-hybridized carbons (Fsp3) is 0.269. The number of carbonyl (C=O) groups is 2. The average molecular weight is 494 g/mol. The van der Waals surface area contributed by atoms with Crippen molar-refractivity contribution in [1.82, 2.24) is 4.90 Å². The van der Waals surface area contributed by atoms with Crippen LogP contribution >= 0.6 is 11.8 Å². The summed E-state index contributed by atoms with van der Waals surface area (Å²) in [6.07, 6.45) is 0.00981. The van der Waals surface area contributed by atoms with Gasteiger partial charge in [-0.15, -0.1) is 0 Å². The normalized spacial score (nSPS) is 16.7. The summed E-state index contributed by atoms with van der Waals surface area (Å²) in [5.41, 5.74) is 1.33. The number of fused-ring (bicyclic) bond motifs is 1. The number of nitrogens with one attached hydrogen (secondary N) is 1. The van der Waals surface area contributed by atoms with Crippen LogP contribution in [0, 0.1) is 0 Å². The van der Waals surface area contributed by atoms with Crippen LogP contribution in [0.2, 0.25) is 0 Å². The quantitative estimate of drug-likeness (QED) is 0.473. The van der Waals surface area contributed by atoms with Crippen LogP contribution < -0.4 is 14.8 Å². The molecule has 1 fully saturated rings. The molecule has 2 amide bonds. The van der Waals surface area contributed by atoms with Gasteiger partial charge in [-0.3, -0.25) is 14.5 Å². The number of amides is 2. The Kier molecular flexibility index (Phi) is 7.89. The van der Waals surface area contributed by atoms with Crippen molar-refractivity contribution in [2.45, 2.75) is 11.7 Å². The molecular weight excluding hydrogens is 466 g/mol. The number of rotatable bonds is 9. The summed E-state index contributed by atoms with van der Waals surface area (Å²) in [7, 11) is 4.66. The molecule has 9 heteroatoms. The van der Waals surface area contributed by atoms with Gasteiger partial charge in [-0.25, -0.2) is 4.99 Å². The van der Waals surface area contributed by atoms with E-state index in [2.05, 4.69) is 5.32 Å². The number of nitrogens with zero attached hydrogens (tertiary/aromatic N) is 2. The molecule has 1 heterocycles. The summed E-state index contributed by atoms with van der Waals surface area (Å²) in [5.74, 6) is 0.636. The molecular formula is C26H27N3O5S. The summed E-state index contributed by atoms with van der Waals surface area (Å²) in [5, 5.41) is 4.88.